The van der Waals surface area contributed by atoms with E-state index in [9.17, 15) is 4.79 Å². The van der Waals surface area contributed by atoms with E-state index in [0.717, 1.165) is 0 Å². The maximum atomic E-state index is 10.4. The van der Waals surface area contributed by atoms with Crippen LogP contribution in [0.4, 0.5) is 6.01 Å². The Balaban J connectivity index is 2.45. The van der Waals surface area contributed by atoms with Crippen LogP contribution in [0.2, 0.25) is 0 Å². The molecule has 1 aromatic rings. The van der Waals surface area contributed by atoms with Crippen molar-refractivity contribution in [1.82, 2.24) is 15.5 Å². The Kier molecular flexibility index (Phi) is 2.05. The number of nitrogens with zero attached hydrogens (tertiary/aromatic N) is 2. The van der Waals surface area contributed by atoms with Gasteiger partial charge >= 0.3 is 6.01 Å². The molecule has 11 heavy (non-hydrogen) atoms. The average Bonchev–Trinajstić information content (AvgIpc) is 2.31. The number of hydrogen-bond donors (Lipinski definition) is 2. The molecule has 0 aliphatic rings. The van der Waals surface area contributed by atoms with E-state index in [2.05, 4.69) is 15.5 Å². The van der Waals surface area contributed by atoms with Crippen molar-refractivity contribution in [3.63, 3.8) is 0 Å². The Morgan fingerprint density at radius 3 is 2.91 bits per heavy atom. The topological polar surface area (TPSA) is 94.0 Å². The minimum Gasteiger partial charge on any atom is -0.406 e. The number of carbonyl (C=O) groups is 1. The van der Waals surface area contributed by atoms with Crippen LogP contribution in [0, 0.1) is 0 Å². The van der Waals surface area contributed by atoms with Crippen LogP contribution in [-0.2, 0) is 11.3 Å². The summed E-state index contributed by atoms with van der Waals surface area (Å²) in [4.78, 5) is 10.4. The fourth-order valence-electron chi connectivity index (χ4n) is 0.538. The maximum Gasteiger partial charge on any atom is 0.312 e. The van der Waals surface area contributed by atoms with Crippen molar-refractivity contribution in [2.45, 2.75) is 13.5 Å². The quantitative estimate of drug-likeness (QED) is 0.589. The molecule has 6 heteroatoms. The fraction of sp³-hybridized carbons (Fsp3) is 0.400. The fourth-order valence-corrected chi connectivity index (χ4v) is 0.538. The molecular formula is C5H8N4O2. The van der Waals surface area contributed by atoms with Gasteiger partial charge in [-0.1, -0.05) is 5.10 Å². The van der Waals surface area contributed by atoms with Crippen LogP contribution < -0.4 is 11.1 Å². The van der Waals surface area contributed by atoms with Gasteiger partial charge in [0, 0.05) is 6.92 Å². The number of rotatable bonds is 2. The third-order valence-corrected chi connectivity index (χ3v) is 0.971. The summed E-state index contributed by atoms with van der Waals surface area (Å²) < 4.78 is 4.77. The lowest BCUT2D eigenvalue weighted by Gasteiger charge is -1.93. The van der Waals surface area contributed by atoms with Gasteiger partial charge in [-0.3, -0.25) is 4.79 Å². The van der Waals surface area contributed by atoms with Gasteiger partial charge < -0.3 is 15.5 Å². The van der Waals surface area contributed by atoms with Gasteiger partial charge in [-0.05, 0) is 0 Å². The molecule has 0 aliphatic heterocycles. The smallest absolute Gasteiger partial charge is 0.312 e. The Hall–Kier alpha value is -1.59. The first kappa shape index (κ1) is 7.52. The highest BCUT2D eigenvalue weighted by Crippen LogP contribution is 1.98. The number of anilines is 1. The molecule has 0 atom stereocenters. The van der Waals surface area contributed by atoms with E-state index in [0.29, 0.717) is 5.89 Å². The van der Waals surface area contributed by atoms with Crippen molar-refractivity contribution in [2.24, 2.45) is 0 Å². The van der Waals surface area contributed by atoms with E-state index in [-0.39, 0.29) is 18.5 Å². The van der Waals surface area contributed by atoms with Gasteiger partial charge in [0.15, 0.2) is 0 Å². The summed E-state index contributed by atoms with van der Waals surface area (Å²) in [7, 11) is 0. The van der Waals surface area contributed by atoms with Crippen molar-refractivity contribution < 1.29 is 9.21 Å². The van der Waals surface area contributed by atoms with Crippen LogP contribution in [0.3, 0.4) is 0 Å². The maximum absolute atomic E-state index is 10.4. The lowest BCUT2D eigenvalue weighted by Crippen LogP contribution is -2.18. The van der Waals surface area contributed by atoms with Crippen molar-refractivity contribution in [3.8, 4) is 0 Å². The third-order valence-electron chi connectivity index (χ3n) is 0.971. The number of hydrogen-bond acceptors (Lipinski definition) is 5. The predicted molar refractivity (Wildman–Crippen MR) is 36.2 cm³/mol. The van der Waals surface area contributed by atoms with Gasteiger partial charge in [-0.15, -0.1) is 5.10 Å². The number of nitrogens with two attached hydrogens (primary N) is 1. The molecule has 0 aliphatic carbocycles. The van der Waals surface area contributed by atoms with E-state index in [4.69, 9.17) is 10.2 Å². The van der Waals surface area contributed by atoms with Gasteiger partial charge in [0.25, 0.3) is 0 Å². The number of nitrogen functional groups attached to an aromatic ring is 1. The molecule has 0 radical (unpaired) electrons. The highest BCUT2D eigenvalue weighted by Gasteiger charge is 2.01. The van der Waals surface area contributed by atoms with Crippen molar-refractivity contribution in [2.75, 3.05) is 5.73 Å². The molecule has 0 bridgehead atoms. The molecule has 60 valence electrons. The molecular weight excluding hydrogens is 148 g/mol. The third kappa shape index (κ3) is 2.24. The molecule has 0 saturated heterocycles. The molecule has 1 heterocycles. The molecule has 1 aromatic heterocycles. The highest BCUT2D eigenvalue weighted by atomic mass is 16.4. The normalized spacial score (nSPS) is 9.55. The zero-order valence-corrected chi connectivity index (χ0v) is 6.00. The van der Waals surface area contributed by atoms with Crippen LogP contribution in [0.25, 0.3) is 0 Å². The Morgan fingerprint density at radius 2 is 2.45 bits per heavy atom. The van der Waals surface area contributed by atoms with E-state index in [1.165, 1.54) is 6.92 Å². The summed E-state index contributed by atoms with van der Waals surface area (Å²) in [6.45, 7) is 1.62. The second-order valence-electron chi connectivity index (χ2n) is 1.94. The van der Waals surface area contributed by atoms with E-state index < -0.39 is 0 Å². The molecule has 0 unspecified atom stereocenters. The summed E-state index contributed by atoms with van der Waals surface area (Å²) >= 11 is 0. The molecule has 0 fully saturated rings. The van der Waals surface area contributed by atoms with E-state index >= 15 is 0 Å². The lowest BCUT2D eigenvalue weighted by atomic mass is 10.6. The Morgan fingerprint density at radius 1 is 1.73 bits per heavy atom. The van der Waals surface area contributed by atoms with Gasteiger partial charge in [-0.2, -0.15) is 0 Å². The first-order valence-electron chi connectivity index (χ1n) is 3.01. The average molecular weight is 156 g/mol. The molecule has 1 amide bonds. The van der Waals surface area contributed by atoms with Crippen LogP contribution in [-0.4, -0.2) is 16.1 Å². The zero-order chi connectivity index (χ0) is 8.27. The molecule has 0 spiro atoms. The molecule has 6 nitrogen and oxygen atoms in total. The van der Waals surface area contributed by atoms with Gasteiger partial charge in [0.1, 0.15) is 0 Å². The van der Waals surface area contributed by atoms with Crippen molar-refractivity contribution in [1.29, 1.82) is 0 Å². The summed E-state index contributed by atoms with van der Waals surface area (Å²) in [5, 5.41) is 9.42. The number of amides is 1. The largest absolute Gasteiger partial charge is 0.406 e. The highest BCUT2D eigenvalue weighted by molar-refractivity contribution is 5.72. The molecule has 0 saturated carbocycles. The molecule has 3 N–H and O–H groups in total. The molecule has 0 aromatic carbocycles. The summed E-state index contributed by atoms with van der Waals surface area (Å²) in [5.74, 6) is 0.152. The number of carbonyl (C=O) groups excluding carboxylic acids is 1. The van der Waals surface area contributed by atoms with E-state index in [1.54, 1.807) is 0 Å². The van der Waals surface area contributed by atoms with E-state index in [1.807, 2.05) is 0 Å². The van der Waals surface area contributed by atoms with Crippen LogP contribution in [0.15, 0.2) is 4.42 Å². The predicted octanol–water partition coefficient (Wildman–Crippen LogP) is -0.712. The second kappa shape index (κ2) is 3.00. The minimum absolute atomic E-state index is 0.00496. The van der Waals surface area contributed by atoms with Crippen LogP contribution in [0.5, 0.6) is 0 Å². The summed E-state index contributed by atoms with van der Waals surface area (Å²) in [5.41, 5.74) is 5.13. The second-order valence-corrected chi connectivity index (χ2v) is 1.94. The lowest BCUT2D eigenvalue weighted by molar-refractivity contribution is -0.119. The standard InChI is InChI=1S/C5H8N4O2/c1-3(10)7-2-4-8-9-5(6)11-4/h2H2,1H3,(H2,6,9)(H,7,10). The van der Waals surface area contributed by atoms with Gasteiger partial charge in [0.2, 0.25) is 11.8 Å². The Labute approximate surface area is 62.8 Å². The van der Waals surface area contributed by atoms with Gasteiger partial charge in [-0.25, -0.2) is 0 Å². The monoisotopic (exact) mass is 156 g/mol. The van der Waals surface area contributed by atoms with Crippen LogP contribution >= 0.6 is 0 Å². The number of nitrogens with one attached hydrogen (secondary N) is 1. The van der Waals surface area contributed by atoms with Crippen molar-refractivity contribution >= 4 is 11.9 Å². The first-order valence-corrected chi connectivity index (χ1v) is 3.01. The molecule has 1 rings (SSSR count). The van der Waals surface area contributed by atoms with Gasteiger partial charge in [0.05, 0.1) is 6.54 Å². The summed E-state index contributed by atoms with van der Waals surface area (Å²) in [6.07, 6.45) is 0. The SMILES string of the molecule is CC(=O)NCc1nnc(N)o1. The van der Waals surface area contributed by atoms with Crippen LogP contribution in [0.1, 0.15) is 12.8 Å². The minimum atomic E-state index is -0.151. The first-order chi connectivity index (χ1) is 5.18. The Bertz CT molecular complexity index is 257. The number of aromatic nitrogens is 2. The van der Waals surface area contributed by atoms with Crippen molar-refractivity contribution in [3.05, 3.63) is 5.89 Å². The summed E-state index contributed by atoms with van der Waals surface area (Å²) in [6, 6.07) is 0.00496. The zero-order valence-electron chi connectivity index (χ0n) is 6.00.